The topological polar surface area (TPSA) is 198 Å². The zero-order valence-corrected chi connectivity index (χ0v) is 24.4. The third-order valence-corrected chi connectivity index (χ3v) is 8.05. The van der Waals surface area contributed by atoms with Crippen LogP contribution in [0.1, 0.15) is 47.5 Å². The fourth-order valence-electron chi connectivity index (χ4n) is 5.81. The molecule has 0 aromatic rings. The molecule has 13 heteroatoms. The lowest BCUT2D eigenvalue weighted by Crippen LogP contribution is -2.55. The number of allylic oxidation sites excluding steroid dienone is 1. The van der Waals surface area contributed by atoms with Gasteiger partial charge >= 0.3 is 6.09 Å². The minimum Gasteiger partial charge on any atom is -0.444 e. The average molecular weight is 574 g/mol. The predicted octanol–water partition coefficient (Wildman–Crippen LogP) is -0.0416. The standard InChI is InChI=1S/C28H43N7O6/c1-15(23(37)33-18(22(30)36)12-16-8-11-32-24(16)38)21-20-17(28(20,5)6)14-35(21)25(39)19(13-31-10-7-9-29)34-26(40)41-27(2,3)4/h7,9-10,16-21H,1,8,11-14,29H2,2-6H3,(H2,30,36)(H,32,38)(H,33,37)(H,34,40)/t16-,17-,18-,19-,20-,21+/m0/s1. The van der Waals surface area contributed by atoms with Crippen LogP contribution in [0.15, 0.2) is 29.4 Å². The van der Waals surface area contributed by atoms with E-state index in [0.717, 1.165) is 0 Å². The van der Waals surface area contributed by atoms with E-state index in [2.05, 4.69) is 41.4 Å². The second kappa shape index (κ2) is 12.3. The molecule has 0 aromatic heterocycles. The van der Waals surface area contributed by atoms with Crippen LogP contribution in [0.3, 0.4) is 0 Å². The van der Waals surface area contributed by atoms with Gasteiger partial charge in [0.1, 0.15) is 17.7 Å². The van der Waals surface area contributed by atoms with Crippen molar-refractivity contribution in [2.45, 2.75) is 71.2 Å². The number of fused-ring (bicyclic) bond motifs is 1. The molecule has 226 valence electrons. The summed E-state index contributed by atoms with van der Waals surface area (Å²) in [6, 6.07) is -2.83. The Kier molecular flexibility index (Phi) is 9.50. The highest BCUT2D eigenvalue weighted by Gasteiger charge is 2.68. The highest BCUT2D eigenvalue weighted by Crippen LogP contribution is 2.65. The summed E-state index contributed by atoms with van der Waals surface area (Å²) >= 11 is 0. The Morgan fingerprint density at radius 2 is 1.93 bits per heavy atom. The summed E-state index contributed by atoms with van der Waals surface area (Å²) in [6.45, 7) is 14.0. The minimum absolute atomic E-state index is 0.0526. The molecule has 41 heavy (non-hydrogen) atoms. The van der Waals surface area contributed by atoms with Gasteiger partial charge in [0.2, 0.25) is 23.6 Å². The lowest BCUT2D eigenvalue weighted by atomic mass is 9.94. The van der Waals surface area contributed by atoms with Crippen LogP contribution in [-0.4, -0.2) is 84.2 Å². The Morgan fingerprint density at radius 1 is 1.24 bits per heavy atom. The number of primary amides is 1. The van der Waals surface area contributed by atoms with Crippen molar-refractivity contribution in [3.8, 4) is 0 Å². The number of alkyl carbamates (subject to hydrolysis) is 1. The number of aliphatic imine (C=N–C) groups is 1. The van der Waals surface area contributed by atoms with E-state index in [9.17, 15) is 24.0 Å². The molecular formula is C28H43N7O6. The maximum Gasteiger partial charge on any atom is 0.408 e. The van der Waals surface area contributed by atoms with E-state index >= 15 is 0 Å². The SMILES string of the molecule is C=C(C(=O)N[C@@H](C[C@@H]1CCNC1=O)C(N)=O)[C@@H]1[C@@H]2[C@H](CN1C(=O)[C@H](CN=CC=CN)NC(=O)OC(C)(C)C)C2(C)C. The molecule has 3 aliphatic rings. The van der Waals surface area contributed by atoms with E-state index in [-0.39, 0.29) is 41.7 Å². The fraction of sp³-hybridized carbons (Fsp3) is 0.643. The first-order valence-electron chi connectivity index (χ1n) is 13.8. The molecule has 0 radical (unpaired) electrons. The minimum atomic E-state index is -1.08. The molecule has 1 aliphatic carbocycles. The van der Waals surface area contributed by atoms with Crippen LogP contribution < -0.4 is 27.4 Å². The molecule has 0 unspecified atom stereocenters. The van der Waals surface area contributed by atoms with E-state index in [1.54, 1.807) is 25.7 Å². The van der Waals surface area contributed by atoms with Crippen molar-refractivity contribution in [1.82, 2.24) is 20.9 Å². The van der Waals surface area contributed by atoms with Gasteiger partial charge in [-0.3, -0.25) is 24.2 Å². The number of hydrogen-bond acceptors (Lipinski definition) is 8. The van der Waals surface area contributed by atoms with Gasteiger partial charge in [0.25, 0.3) is 0 Å². The maximum atomic E-state index is 13.9. The molecule has 6 atom stereocenters. The Balaban J connectivity index is 1.80. The van der Waals surface area contributed by atoms with Gasteiger partial charge in [-0.05, 0) is 63.1 Å². The Bertz CT molecular complexity index is 1140. The quantitative estimate of drug-likeness (QED) is 0.169. The average Bonchev–Trinajstić information content (AvgIpc) is 3.21. The van der Waals surface area contributed by atoms with Crippen molar-refractivity contribution in [1.29, 1.82) is 0 Å². The number of carbonyl (C=O) groups is 5. The second-order valence-electron chi connectivity index (χ2n) is 12.5. The van der Waals surface area contributed by atoms with E-state index in [1.807, 2.05) is 0 Å². The number of amides is 5. The molecule has 2 aliphatic heterocycles. The number of nitrogens with two attached hydrogens (primary N) is 2. The van der Waals surface area contributed by atoms with Gasteiger partial charge in [-0.25, -0.2) is 4.79 Å². The molecular weight excluding hydrogens is 530 g/mol. The number of rotatable bonds is 11. The van der Waals surface area contributed by atoms with Crippen molar-refractivity contribution in [3.05, 3.63) is 24.4 Å². The van der Waals surface area contributed by atoms with Gasteiger partial charge in [0.05, 0.1) is 12.6 Å². The van der Waals surface area contributed by atoms with Crippen LogP contribution >= 0.6 is 0 Å². The first kappa shape index (κ1) is 31.6. The van der Waals surface area contributed by atoms with Gasteiger partial charge in [0.15, 0.2) is 0 Å². The van der Waals surface area contributed by atoms with Crippen LogP contribution in [0.5, 0.6) is 0 Å². The summed E-state index contributed by atoms with van der Waals surface area (Å²) in [5.41, 5.74) is 10.1. The summed E-state index contributed by atoms with van der Waals surface area (Å²) in [7, 11) is 0. The van der Waals surface area contributed by atoms with E-state index in [4.69, 9.17) is 16.2 Å². The van der Waals surface area contributed by atoms with Gasteiger partial charge in [-0.15, -0.1) is 0 Å². The van der Waals surface area contributed by atoms with Crippen LogP contribution in [0.25, 0.3) is 0 Å². The van der Waals surface area contributed by atoms with Crippen molar-refractivity contribution in [2.24, 2.45) is 39.6 Å². The summed E-state index contributed by atoms with van der Waals surface area (Å²) in [4.78, 5) is 69.8. The van der Waals surface area contributed by atoms with Crippen molar-refractivity contribution >= 4 is 35.9 Å². The molecule has 0 bridgehead atoms. The molecule has 3 fully saturated rings. The van der Waals surface area contributed by atoms with Crippen LogP contribution in [0.4, 0.5) is 4.79 Å². The number of likely N-dealkylation sites (tertiary alicyclic amines) is 1. The highest BCUT2D eigenvalue weighted by atomic mass is 16.6. The van der Waals surface area contributed by atoms with Gasteiger partial charge in [0, 0.05) is 30.8 Å². The Hall–Kier alpha value is -3.90. The Morgan fingerprint density at radius 3 is 2.49 bits per heavy atom. The van der Waals surface area contributed by atoms with E-state index in [0.29, 0.717) is 19.5 Å². The third-order valence-electron chi connectivity index (χ3n) is 8.05. The molecule has 0 spiro atoms. The predicted molar refractivity (Wildman–Crippen MR) is 152 cm³/mol. The first-order valence-corrected chi connectivity index (χ1v) is 13.8. The molecule has 13 nitrogen and oxygen atoms in total. The Labute approximate surface area is 240 Å². The van der Waals surface area contributed by atoms with Gasteiger partial charge in [-0.1, -0.05) is 20.4 Å². The number of ether oxygens (including phenoxy) is 1. The van der Waals surface area contributed by atoms with Crippen molar-refractivity contribution in [2.75, 3.05) is 19.6 Å². The lowest BCUT2D eigenvalue weighted by Gasteiger charge is -2.34. The van der Waals surface area contributed by atoms with E-state index < -0.39 is 53.5 Å². The largest absolute Gasteiger partial charge is 0.444 e. The number of piperidine rings is 1. The molecule has 0 aromatic carbocycles. The summed E-state index contributed by atoms with van der Waals surface area (Å²) in [5.74, 6) is -2.40. The molecule has 7 N–H and O–H groups in total. The number of nitrogens with zero attached hydrogens (tertiary/aromatic N) is 2. The highest BCUT2D eigenvalue weighted by molar-refractivity contribution is 5.99. The van der Waals surface area contributed by atoms with Crippen LogP contribution in [0, 0.1) is 23.2 Å². The maximum absolute atomic E-state index is 13.9. The molecule has 2 heterocycles. The number of nitrogens with one attached hydrogen (secondary N) is 3. The summed E-state index contributed by atoms with van der Waals surface area (Å²) in [5, 5.41) is 7.95. The van der Waals surface area contributed by atoms with Gasteiger partial charge in [-0.2, -0.15) is 0 Å². The fourth-order valence-corrected chi connectivity index (χ4v) is 5.81. The number of carbonyl (C=O) groups excluding carboxylic acids is 5. The van der Waals surface area contributed by atoms with Crippen LogP contribution in [-0.2, 0) is 23.9 Å². The van der Waals surface area contributed by atoms with Crippen LogP contribution in [0.2, 0.25) is 0 Å². The zero-order valence-electron chi connectivity index (χ0n) is 24.4. The molecule has 2 saturated heterocycles. The number of hydrogen-bond donors (Lipinski definition) is 5. The summed E-state index contributed by atoms with van der Waals surface area (Å²) in [6.07, 6.45) is 4.02. The van der Waals surface area contributed by atoms with E-state index in [1.165, 1.54) is 18.5 Å². The molecule has 5 amide bonds. The monoisotopic (exact) mass is 573 g/mol. The smallest absolute Gasteiger partial charge is 0.408 e. The normalized spacial score (nSPS) is 26.3. The van der Waals surface area contributed by atoms with Crippen molar-refractivity contribution in [3.63, 3.8) is 0 Å². The van der Waals surface area contributed by atoms with Crippen molar-refractivity contribution < 1.29 is 28.7 Å². The zero-order chi connectivity index (χ0) is 30.7. The first-order chi connectivity index (χ1) is 19.1. The van der Waals surface area contributed by atoms with Gasteiger partial charge < -0.3 is 37.1 Å². The summed E-state index contributed by atoms with van der Waals surface area (Å²) < 4.78 is 5.35. The lowest BCUT2D eigenvalue weighted by molar-refractivity contribution is -0.135. The second-order valence-corrected chi connectivity index (χ2v) is 12.5. The molecule has 1 saturated carbocycles. The third kappa shape index (κ3) is 7.44. The molecule has 3 rings (SSSR count).